The third-order valence-corrected chi connectivity index (χ3v) is 2.84. The molecule has 1 aromatic heterocycles. The fourth-order valence-corrected chi connectivity index (χ4v) is 2.10. The molecular formula is C12H11ClN4O3. The normalized spacial score (nSPS) is 10.3. The molecule has 0 unspecified atom stereocenters. The number of anilines is 1. The van der Waals surface area contributed by atoms with Crippen LogP contribution in [-0.4, -0.2) is 14.9 Å². The summed E-state index contributed by atoms with van der Waals surface area (Å²) in [5.74, 6) is 0.0101. The summed E-state index contributed by atoms with van der Waals surface area (Å²) in [5, 5.41) is 11.6. The molecule has 0 spiro atoms. The van der Waals surface area contributed by atoms with Crippen molar-refractivity contribution in [3.8, 4) is 11.6 Å². The van der Waals surface area contributed by atoms with Crippen LogP contribution in [0.1, 0.15) is 11.1 Å². The predicted octanol–water partition coefficient (Wildman–Crippen LogP) is 3.03. The summed E-state index contributed by atoms with van der Waals surface area (Å²) < 4.78 is 5.54. The Balaban J connectivity index is 2.51. The average molecular weight is 295 g/mol. The van der Waals surface area contributed by atoms with Crippen LogP contribution < -0.4 is 10.5 Å². The van der Waals surface area contributed by atoms with Gasteiger partial charge in [0.05, 0.1) is 4.92 Å². The highest BCUT2D eigenvalue weighted by molar-refractivity contribution is 6.30. The van der Waals surface area contributed by atoms with E-state index >= 15 is 0 Å². The van der Waals surface area contributed by atoms with Crippen molar-refractivity contribution in [3.05, 3.63) is 44.7 Å². The molecule has 0 saturated carbocycles. The molecule has 2 N–H and O–H groups in total. The molecule has 0 bridgehead atoms. The fourth-order valence-electron chi connectivity index (χ4n) is 1.78. The molecule has 0 amide bonds. The number of rotatable bonds is 3. The smallest absolute Gasteiger partial charge is 0.372 e. The summed E-state index contributed by atoms with van der Waals surface area (Å²) in [6, 6.07) is 3.39. The van der Waals surface area contributed by atoms with E-state index in [9.17, 15) is 10.1 Å². The second-order valence-corrected chi connectivity index (χ2v) is 4.58. The first-order chi connectivity index (χ1) is 9.40. The maximum Gasteiger partial charge on any atom is 0.372 e. The number of nitrogens with two attached hydrogens (primary N) is 1. The van der Waals surface area contributed by atoms with Crippen molar-refractivity contribution >= 4 is 23.1 Å². The molecule has 0 atom stereocenters. The van der Waals surface area contributed by atoms with E-state index in [2.05, 4.69) is 9.97 Å². The van der Waals surface area contributed by atoms with Gasteiger partial charge >= 0.3 is 11.6 Å². The number of aryl methyl sites for hydroxylation is 2. The zero-order valence-corrected chi connectivity index (χ0v) is 11.5. The van der Waals surface area contributed by atoms with Gasteiger partial charge in [-0.1, -0.05) is 11.6 Å². The SMILES string of the molecule is Cc1cc(Cl)cc(C)c1Oc1ncnc(N)c1[N+](=O)[O-]. The van der Waals surface area contributed by atoms with Gasteiger partial charge in [0.25, 0.3) is 0 Å². The van der Waals surface area contributed by atoms with Crippen molar-refractivity contribution in [2.45, 2.75) is 13.8 Å². The number of nitrogen functional groups attached to an aromatic ring is 1. The summed E-state index contributed by atoms with van der Waals surface area (Å²) in [4.78, 5) is 17.7. The van der Waals surface area contributed by atoms with Gasteiger partial charge in [0.15, 0.2) is 0 Å². The monoisotopic (exact) mass is 294 g/mol. The minimum atomic E-state index is -0.675. The van der Waals surface area contributed by atoms with Crippen molar-refractivity contribution in [2.24, 2.45) is 0 Å². The largest absolute Gasteiger partial charge is 0.433 e. The Morgan fingerprint density at radius 2 is 1.90 bits per heavy atom. The molecule has 1 aromatic carbocycles. The van der Waals surface area contributed by atoms with Gasteiger partial charge in [0.2, 0.25) is 5.82 Å². The lowest BCUT2D eigenvalue weighted by molar-refractivity contribution is -0.385. The van der Waals surface area contributed by atoms with E-state index in [-0.39, 0.29) is 11.7 Å². The second kappa shape index (κ2) is 5.30. The third kappa shape index (κ3) is 2.62. The van der Waals surface area contributed by atoms with Crippen molar-refractivity contribution in [3.63, 3.8) is 0 Å². The van der Waals surface area contributed by atoms with Gasteiger partial charge in [0, 0.05) is 5.02 Å². The first-order valence-electron chi connectivity index (χ1n) is 5.59. The Labute approximate surface area is 119 Å². The van der Waals surface area contributed by atoms with Crippen LogP contribution in [0, 0.1) is 24.0 Å². The van der Waals surface area contributed by atoms with Crippen molar-refractivity contribution < 1.29 is 9.66 Å². The summed E-state index contributed by atoms with van der Waals surface area (Å²) in [7, 11) is 0. The number of nitrogens with zero attached hydrogens (tertiary/aromatic N) is 3. The molecule has 0 aliphatic heterocycles. The van der Waals surface area contributed by atoms with E-state index in [0.717, 1.165) is 17.5 Å². The zero-order valence-electron chi connectivity index (χ0n) is 10.8. The molecule has 0 radical (unpaired) electrons. The Bertz CT molecular complexity index is 667. The number of halogens is 1. The molecule has 0 saturated heterocycles. The van der Waals surface area contributed by atoms with E-state index in [1.54, 1.807) is 26.0 Å². The highest BCUT2D eigenvalue weighted by Gasteiger charge is 2.24. The number of hydrogen-bond acceptors (Lipinski definition) is 6. The van der Waals surface area contributed by atoms with Crippen LogP contribution >= 0.6 is 11.6 Å². The molecule has 0 aliphatic rings. The van der Waals surface area contributed by atoms with Gasteiger partial charge in [-0.15, -0.1) is 0 Å². The molecule has 0 fully saturated rings. The Morgan fingerprint density at radius 3 is 2.45 bits per heavy atom. The Morgan fingerprint density at radius 1 is 1.30 bits per heavy atom. The predicted molar refractivity (Wildman–Crippen MR) is 74.1 cm³/mol. The number of hydrogen-bond donors (Lipinski definition) is 1. The Hall–Kier alpha value is -2.41. The Kier molecular flexibility index (Phi) is 3.71. The molecule has 2 rings (SSSR count). The molecular weight excluding hydrogens is 284 g/mol. The summed E-state index contributed by atoms with van der Waals surface area (Å²) in [5.41, 5.74) is 6.50. The van der Waals surface area contributed by atoms with Gasteiger partial charge in [-0.25, -0.2) is 4.98 Å². The molecule has 7 nitrogen and oxygen atoms in total. The lowest BCUT2D eigenvalue weighted by Gasteiger charge is -2.11. The highest BCUT2D eigenvalue weighted by atomic mass is 35.5. The van der Waals surface area contributed by atoms with E-state index in [0.29, 0.717) is 10.8 Å². The van der Waals surface area contributed by atoms with Gasteiger partial charge in [-0.05, 0) is 37.1 Å². The summed E-state index contributed by atoms with van der Waals surface area (Å²) in [6.45, 7) is 3.56. The molecule has 1 heterocycles. The van der Waals surface area contributed by atoms with Gasteiger partial charge in [0.1, 0.15) is 12.1 Å². The molecule has 8 heteroatoms. The highest BCUT2D eigenvalue weighted by Crippen LogP contribution is 2.36. The van der Waals surface area contributed by atoms with E-state index in [4.69, 9.17) is 22.1 Å². The van der Waals surface area contributed by atoms with Crippen LogP contribution in [0.2, 0.25) is 5.02 Å². The summed E-state index contributed by atoms with van der Waals surface area (Å²) >= 11 is 5.92. The number of ether oxygens (including phenoxy) is 1. The lowest BCUT2D eigenvalue weighted by atomic mass is 10.1. The second-order valence-electron chi connectivity index (χ2n) is 4.14. The minimum Gasteiger partial charge on any atom is -0.433 e. The molecule has 2 aromatic rings. The summed E-state index contributed by atoms with van der Waals surface area (Å²) in [6.07, 6.45) is 1.11. The van der Waals surface area contributed by atoms with Crippen molar-refractivity contribution in [1.29, 1.82) is 0 Å². The number of benzene rings is 1. The van der Waals surface area contributed by atoms with Gasteiger partial charge in [-0.2, -0.15) is 4.98 Å². The van der Waals surface area contributed by atoms with Crippen LogP contribution in [0.5, 0.6) is 11.6 Å². The third-order valence-electron chi connectivity index (χ3n) is 2.62. The van der Waals surface area contributed by atoms with Crippen LogP contribution in [-0.2, 0) is 0 Å². The number of aromatic nitrogens is 2. The van der Waals surface area contributed by atoms with Crippen molar-refractivity contribution in [1.82, 2.24) is 9.97 Å². The van der Waals surface area contributed by atoms with Crippen LogP contribution in [0.15, 0.2) is 18.5 Å². The molecule has 104 valence electrons. The average Bonchev–Trinajstić information content (AvgIpc) is 2.33. The zero-order chi connectivity index (χ0) is 14.9. The molecule has 0 aliphatic carbocycles. The van der Waals surface area contributed by atoms with Crippen molar-refractivity contribution in [2.75, 3.05) is 5.73 Å². The van der Waals surface area contributed by atoms with Gasteiger partial charge < -0.3 is 10.5 Å². The maximum absolute atomic E-state index is 11.0. The van der Waals surface area contributed by atoms with Gasteiger partial charge in [-0.3, -0.25) is 10.1 Å². The topological polar surface area (TPSA) is 104 Å². The minimum absolute atomic E-state index is 0.198. The van der Waals surface area contributed by atoms with Crippen LogP contribution in [0.3, 0.4) is 0 Å². The first kappa shape index (κ1) is 14.0. The van der Waals surface area contributed by atoms with Crippen LogP contribution in [0.4, 0.5) is 11.5 Å². The maximum atomic E-state index is 11.0. The standard InChI is InChI=1S/C12H11ClN4O3/c1-6-3-8(13)4-7(2)10(6)20-12-9(17(18)19)11(14)15-5-16-12/h3-5H,1-2H3,(H2,14,15,16). The fraction of sp³-hybridized carbons (Fsp3) is 0.167. The molecule has 20 heavy (non-hydrogen) atoms. The first-order valence-corrected chi connectivity index (χ1v) is 5.97. The number of nitro groups is 1. The van der Waals surface area contributed by atoms with E-state index < -0.39 is 10.6 Å². The van der Waals surface area contributed by atoms with E-state index in [1.165, 1.54) is 0 Å². The van der Waals surface area contributed by atoms with E-state index in [1.807, 2.05) is 0 Å². The van der Waals surface area contributed by atoms with Crippen LogP contribution in [0.25, 0.3) is 0 Å². The lowest BCUT2D eigenvalue weighted by Crippen LogP contribution is -2.03. The quantitative estimate of drug-likeness (QED) is 0.689.